The van der Waals surface area contributed by atoms with Crippen LogP contribution in [0.5, 0.6) is 0 Å². The molecule has 1 aromatic rings. The molecule has 0 spiro atoms. The number of nitrogens with one attached hydrogen (secondary N) is 2. The molecule has 1 saturated heterocycles. The molecule has 2 aliphatic carbocycles. The van der Waals surface area contributed by atoms with E-state index in [1.165, 1.54) is 5.56 Å². The Morgan fingerprint density at radius 1 is 1.25 bits per heavy atom. The van der Waals surface area contributed by atoms with Crippen LogP contribution in [0.15, 0.2) is 24.3 Å². The zero-order chi connectivity index (χ0) is 14.0. The molecule has 1 aliphatic heterocycles. The lowest BCUT2D eigenvalue weighted by Gasteiger charge is -2.17. The molecule has 2 saturated carbocycles. The fraction of sp³-hybridized carbons (Fsp3) is 0.600. The van der Waals surface area contributed by atoms with Crippen molar-refractivity contribution < 1.29 is 8.42 Å². The molecule has 0 radical (unpaired) electrons. The Balaban J connectivity index is 1.59. The van der Waals surface area contributed by atoms with Gasteiger partial charge >= 0.3 is 0 Å². The van der Waals surface area contributed by atoms with Crippen molar-refractivity contribution >= 4 is 15.7 Å². The van der Waals surface area contributed by atoms with Gasteiger partial charge in [0, 0.05) is 11.1 Å². The van der Waals surface area contributed by atoms with Crippen LogP contribution in [0.1, 0.15) is 25.3 Å². The van der Waals surface area contributed by atoms with Crippen molar-refractivity contribution in [3.63, 3.8) is 0 Å². The first-order chi connectivity index (χ1) is 9.52. The van der Waals surface area contributed by atoms with E-state index >= 15 is 0 Å². The highest BCUT2D eigenvalue weighted by molar-refractivity contribution is 7.93. The van der Waals surface area contributed by atoms with Crippen molar-refractivity contribution in [2.45, 2.75) is 30.4 Å². The van der Waals surface area contributed by atoms with Gasteiger partial charge in [-0.1, -0.05) is 19.1 Å². The highest BCUT2D eigenvalue weighted by Crippen LogP contribution is 2.61. The minimum absolute atomic E-state index is 0.175. The number of piperidine rings is 1. The molecule has 5 heteroatoms. The number of hydrogen-bond acceptors (Lipinski definition) is 3. The van der Waals surface area contributed by atoms with E-state index in [4.69, 9.17) is 0 Å². The van der Waals surface area contributed by atoms with E-state index in [0.29, 0.717) is 17.5 Å². The molecule has 4 nitrogen and oxygen atoms in total. The molecule has 20 heavy (non-hydrogen) atoms. The maximum Gasteiger partial charge on any atom is 0.235 e. The number of fused-ring (bicyclic) bond motifs is 1. The van der Waals surface area contributed by atoms with Crippen LogP contribution in [-0.2, 0) is 15.4 Å². The molecule has 0 aromatic heterocycles. The van der Waals surface area contributed by atoms with Gasteiger partial charge in [0.05, 0.1) is 5.25 Å². The minimum Gasteiger partial charge on any atom is -0.316 e. The molecule has 0 amide bonds. The number of sulfonamides is 1. The molecule has 2 N–H and O–H groups in total. The Kier molecular flexibility index (Phi) is 2.52. The molecule has 3 aliphatic rings. The maximum atomic E-state index is 12.0. The van der Waals surface area contributed by atoms with E-state index in [1.54, 1.807) is 0 Å². The second-order valence-electron chi connectivity index (χ2n) is 6.58. The van der Waals surface area contributed by atoms with E-state index in [-0.39, 0.29) is 10.7 Å². The van der Waals surface area contributed by atoms with Gasteiger partial charge in [-0.3, -0.25) is 4.72 Å². The van der Waals surface area contributed by atoms with Gasteiger partial charge in [-0.25, -0.2) is 8.42 Å². The van der Waals surface area contributed by atoms with E-state index < -0.39 is 10.0 Å². The predicted molar refractivity (Wildman–Crippen MR) is 79.2 cm³/mol. The Bertz CT molecular complexity index is 642. The van der Waals surface area contributed by atoms with Gasteiger partial charge in [0.1, 0.15) is 0 Å². The average Bonchev–Trinajstić information content (AvgIpc) is 3.29. The van der Waals surface area contributed by atoms with Gasteiger partial charge in [-0.05, 0) is 55.5 Å². The SMILES string of the molecule is CC1(c2cccc(NS(=O)(=O)C3CC3)c2)C2CNCC21. The van der Waals surface area contributed by atoms with Crippen molar-refractivity contribution in [2.75, 3.05) is 17.8 Å². The van der Waals surface area contributed by atoms with Crippen LogP contribution in [0.4, 0.5) is 5.69 Å². The smallest absolute Gasteiger partial charge is 0.235 e. The van der Waals surface area contributed by atoms with Crippen molar-refractivity contribution in [3.05, 3.63) is 29.8 Å². The van der Waals surface area contributed by atoms with Crippen LogP contribution in [0.3, 0.4) is 0 Å². The second-order valence-corrected chi connectivity index (χ2v) is 8.54. The predicted octanol–water partition coefficient (Wildman–Crippen LogP) is 1.70. The van der Waals surface area contributed by atoms with Gasteiger partial charge in [-0.2, -0.15) is 0 Å². The van der Waals surface area contributed by atoms with E-state index in [9.17, 15) is 8.42 Å². The van der Waals surface area contributed by atoms with Crippen molar-refractivity contribution in [2.24, 2.45) is 11.8 Å². The largest absolute Gasteiger partial charge is 0.316 e. The van der Waals surface area contributed by atoms with Gasteiger partial charge in [0.25, 0.3) is 0 Å². The summed E-state index contributed by atoms with van der Waals surface area (Å²) in [5, 5.41) is 3.24. The fourth-order valence-electron chi connectivity index (χ4n) is 3.77. The quantitative estimate of drug-likeness (QED) is 0.888. The third kappa shape index (κ3) is 1.79. The highest BCUT2D eigenvalue weighted by Gasteiger charge is 2.63. The summed E-state index contributed by atoms with van der Waals surface area (Å²) in [6.45, 7) is 4.47. The van der Waals surface area contributed by atoms with Gasteiger partial charge in [0.2, 0.25) is 10.0 Å². The number of hydrogen-bond donors (Lipinski definition) is 2. The summed E-state index contributed by atoms with van der Waals surface area (Å²) in [4.78, 5) is 0. The summed E-state index contributed by atoms with van der Waals surface area (Å²) in [7, 11) is -3.16. The van der Waals surface area contributed by atoms with Crippen LogP contribution in [0, 0.1) is 11.8 Å². The first kappa shape index (κ1) is 12.7. The Morgan fingerprint density at radius 2 is 1.95 bits per heavy atom. The third-order valence-electron chi connectivity index (χ3n) is 5.35. The van der Waals surface area contributed by atoms with Crippen molar-refractivity contribution in [1.29, 1.82) is 0 Å². The lowest BCUT2D eigenvalue weighted by molar-refractivity contribution is 0.558. The first-order valence-corrected chi connectivity index (χ1v) is 8.89. The monoisotopic (exact) mass is 292 g/mol. The lowest BCUT2D eigenvalue weighted by atomic mass is 9.92. The summed E-state index contributed by atoms with van der Waals surface area (Å²) in [5.41, 5.74) is 2.21. The number of anilines is 1. The maximum absolute atomic E-state index is 12.0. The molecule has 4 rings (SSSR count). The number of rotatable bonds is 4. The standard InChI is InChI=1S/C15H20N2O2S/c1-15(13-8-16-9-14(13)15)10-3-2-4-11(7-10)17-20(18,19)12-5-6-12/h2-4,7,12-14,16-17H,5-6,8-9H2,1H3. The minimum atomic E-state index is -3.16. The molecular weight excluding hydrogens is 272 g/mol. The van der Waals surface area contributed by atoms with Crippen LogP contribution >= 0.6 is 0 Å². The summed E-state index contributed by atoms with van der Waals surface area (Å²) < 4.78 is 26.8. The topological polar surface area (TPSA) is 58.2 Å². The average molecular weight is 292 g/mol. The molecular formula is C15H20N2O2S. The molecule has 2 unspecified atom stereocenters. The Hall–Kier alpha value is -1.07. The number of benzene rings is 1. The molecule has 3 fully saturated rings. The fourth-order valence-corrected chi connectivity index (χ4v) is 5.15. The van der Waals surface area contributed by atoms with E-state index in [0.717, 1.165) is 25.9 Å². The van der Waals surface area contributed by atoms with Crippen LogP contribution in [0.2, 0.25) is 0 Å². The zero-order valence-corrected chi connectivity index (χ0v) is 12.4. The zero-order valence-electron chi connectivity index (χ0n) is 11.6. The summed E-state index contributed by atoms with van der Waals surface area (Å²) in [6.07, 6.45) is 1.59. The summed E-state index contributed by atoms with van der Waals surface area (Å²) in [6, 6.07) is 7.97. The van der Waals surface area contributed by atoms with E-state index in [2.05, 4.69) is 23.0 Å². The molecule has 0 bridgehead atoms. The van der Waals surface area contributed by atoms with Crippen LogP contribution < -0.4 is 10.0 Å². The summed E-state index contributed by atoms with van der Waals surface area (Å²) in [5.74, 6) is 1.41. The van der Waals surface area contributed by atoms with Crippen LogP contribution in [0.25, 0.3) is 0 Å². The first-order valence-electron chi connectivity index (χ1n) is 7.35. The molecule has 1 heterocycles. The normalized spacial score (nSPS) is 35.6. The van der Waals surface area contributed by atoms with Gasteiger partial charge in [-0.15, -0.1) is 0 Å². The molecule has 108 valence electrons. The third-order valence-corrected chi connectivity index (χ3v) is 7.22. The summed E-state index contributed by atoms with van der Waals surface area (Å²) >= 11 is 0. The second kappa shape index (κ2) is 3.98. The van der Waals surface area contributed by atoms with Crippen LogP contribution in [-0.4, -0.2) is 26.8 Å². The molecule has 1 aromatic carbocycles. The molecule has 2 atom stereocenters. The van der Waals surface area contributed by atoms with Gasteiger partial charge < -0.3 is 5.32 Å². The van der Waals surface area contributed by atoms with Gasteiger partial charge in [0.15, 0.2) is 0 Å². The Morgan fingerprint density at radius 3 is 2.60 bits per heavy atom. The van der Waals surface area contributed by atoms with E-state index in [1.807, 2.05) is 18.2 Å². The lowest BCUT2D eigenvalue weighted by Crippen LogP contribution is -2.23. The van der Waals surface area contributed by atoms with Crippen molar-refractivity contribution in [1.82, 2.24) is 5.32 Å². The highest BCUT2D eigenvalue weighted by atomic mass is 32.2. The van der Waals surface area contributed by atoms with Crippen molar-refractivity contribution in [3.8, 4) is 0 Å². The Labute approximate surface area is 120 Å².